The van der Waals surface area contributed by atoms with Crippen LogP contribution in [0.25, 0.3) is 0 Å². The lowest BCUT2D eigenvalue weighted by Gasteiger charge is -2.21. The van der Waals surface area contributed by atoms with E-state index in [4.69, 9.17) is 0 Å². The van der Waals surface area contributed by atoms with E-state index in [2.05, 4.69) is 5.32 Å². The molecule has 0 bridgehead atoms. The number of nitro benzene ring substituents is 1. The highest BCUT2D eigenvalue weighted by Crippen LogP contribution is 2.37. The zero-order valence-corrected chi connectivity index (χ0v) is 10.5. The maximum atomic E-state index is 12.8. The van der Waals surface area contributed by atoms with Crippen LogP contribution in [0, 0.1) is 10.1 Å². The molecule has 4 nitrogen and oxygen atoms in total. The molecule has 1 aliphatic rings. The van der Waals surface area contributed by atoms with E-state index >= 15 is 0 Å². The van der Waals surface area contributed by atoms with Gasteiger partial charge in [-0.05, 0) is 31.4 Å². The second kappa shape index (κ2) is 5.52. The molecule has 7 heteroatoms. The quantitative estimate of drug-likeness (QED) is 0.516. The van der Waals surface area contributed by atoms with Crippen molar-refractivity contribution in [3.63, 3.8) is 0 Å². The number of benzene rings is 1. The highest BCUT2D eigenvalue weighted by atomic mass is 19.4. The predicted octanol–water partition coefficient (Wildman–Crippen LogP) is 4.13. The molecule has 0 heterocycles. The van der Waals surface area contributed by atoms with Gasteiger partial charge in [-0.2, -0.15) is 13.2 Å². The van der Waals surface area contributed by atoms with Crippen molar-refractivity contribution in [3.05, 3.63) is 46.0 Å². The normalized spacial score (nSPS) is 18.9. The molecule has 0 aromatic heterocycles. The average Bonchev–Trinajstić information content (AvgIpc) is 2.38. The number of allylic oxidation sites excluding steroid dienone is 1. The largest absolute Gasteiger partial charge is 0.423 e. The maximum Gasteiger partial charge on any atom is 0.423 e. The third kappa shape index (κ3) is 3.28. The van der Waals surface area contributed by atoms with E-state index in [1.54, 1.807) is 0 Å². The summed E-state index contributed by atoms with van der Waals surface area (Å²) in [6.45, 7) is 0. The number of alkyl halides is 3. The van der Waals surface area contributed by atoms with Gasteiger partial charge in [0.15, 0.2) is 0 Å². The van der Waals surface area contributed by atoms with Crippen LogP contribution in [0.1, 0.15) is 24.8 Å². The fourth-order valence-electron chi connectivity index (χ4n) is 2.17. The van der Waals surface area contributed by atoms with E-state index in [1.165, 1.54) is 6.07 Å². The van der Waals surface area contributed by atoms with E-state index < -0.39 is 22.4 Å². The highest BCUT2D eigenvalue weighted by Gasteiger charge is 2.38. The lowest BCUT2D eigenvalue weighted by Crippen LogP contribution is -2.20. The van der Waals surface area contributed by atoms with Crippen LogP contribution in [0.3, 0.4) is 0 Å². The molecule has 1 aromatic rings. The molecule has 0 amide bonds. The standard InChI is InChI=1S/C13H13F3N2O2/c14-13(15,16)11-8-10(6-7-12(11)18(19)20)17-9-4-2-1-3-5-9/h1-2,6-9,17H,3-5H2. The molecular formula is C13H13F3N2O2. The minimum atomic E-state index is -4.74. The van der Waals surface area contributed by atoms with Crippen molar-refractivity contribution in [1.82, 2.24) is 0 Å². The summed E-state index contributed by atoms with van der Waals surface area (Å²) in [5, 5.41) is 13.6. The molecule has 0 radical (unpaired) electrons. The summed E-state index contributed by atoms with van der Waals surface area (Å²) in [4.78, 5) is 9.63. The molecule has 0 aliphatic heterocycles. The number of anilines is 1. The van der Waals surface area contributed by atoms with Crippen molar-refractivity contribution in [2.24, 2.45) is 0 Å². The van der Waals surface area contributed by atoms with Crippen LogP contribution in [0.5, 0.6) is 0 Å². The molecule has 20 heavy (non-hydrogen) atoms. The van der Waals surface area contributed by atoms with Gasteiger partial charge in [-0.1, -0.05) is 12.2 Å². The smallest absolute Gasteiger partial charge is 0.382 e. The van der Waals surface area contributed by atoms with Crippen LogP contribution < -0.4 is 5.32 Å². The van der Waals surface area contributed by atoms with E-state index in [1.807, 2.05) is 12.2 Å². The van der Waals surface area contributed by atoms with Gasteiger partial charge in [-0.15, -0.1) is 0 Å². The molecule has 1 atom stereocenters. The van der Waals surface area contributed by atoms with Crippen LogP contribution in [0.2, 0.25) is 0 Å². The Balaban J connectivity index is 2.27. The number of nitro groups is 1. The van der Waals surface area contributed by atoms with Gasteiger partial charge in [-0.25, -0.2) is 0 Å². The Hall–Kier alpha value is -2.05. The first kappa shape index (κ1) is 14.4. The Labute approximate surface area is 113 Å². The summed E-state index contributed by atoms with van der Waals surface area (Å²) in [6, 6.07) is 3.06. The first-order chi connectivity index (χ1) is 9.38. The van der Waals surface area contributed by atoms with Crippen LogP contribution in [0.15, 0.2) is 30.4 Å². The first-order valence-corrected chi connectivity index (χ1v) is 6.15. The third-order valence-electron chi connectivity index (χ3n) is 3.14. The molecule has 1 N–H and O–H groups in total. The van der Waals surface area contributed by atoms with E-state index in [0.717, 1.165) is 31.4 Å². The van der Waals surface area contributed by atoms with E-state index in [9.17, 15) is 23.3 Å². The molecule has 108 valence electrons. The lowest BCUT2D eigenvalue weighted by molar-refractivity contribution is -0.388. The minimum absolute atomic E-state index is 0.0579. The van der Waals surface area contributed by atoms with E-state index in [0.29, 0.717) is 0 Å². The fourth-order valence-corrected chi connectivity index (χ4v) is 2.17. The van der Waals surface area contributed by atoms with Crippen LogP contribution >= 0.6 is 0 Å². The van der Waals surface area contributed by atoms with Crippen molar-refractivity contribution in [2.75, 3.05) is 5.32 Å². The van der Waals surface area contributed by atoms with Crippen LogP contribution in [-0.4, -0.2) is 11.0 Å². The average molecular weight is 286 g/mol. The summed E-state index contributed by atoms with van der Waals surface area (Å²) in [7, 11) is 0. The Kier molecular flexibility index (Phi) is 3.96. The number of rotatable bonds is 3. The Morgan fingerprint density at radius 2 is 2.05 bits per heavy atom. The molecule has 1 aromatic carbocycles. The zero-order valence-electron chi connectivity index (χ0n) is 10.5. The summed E-state index contributed by atoms with van der Waals surface area (Å²) in [5.74, 6) is 0. The van der Waals surface area contributed by atoms with Crippen molar-refractivity contribution in [2.45, 2.75) is 31.5 Å². The second-order valence-electron chi connectivity index (χ2n) is 4.61. The molecule has 0 saturated heterocycles. The molecule has 1 aliphatic carbocycles. The Morgan fingerprint density at radius 3 is 2.60 bits per heavy atom. The predicted molar refractivity (Wildman–Crippen MR) is 68.5 cm³/mol. The van der Waals surface area contributed by atoms with Gasteiger partial charge in [0.05, 0.1) is 4.92 Å². The van der Waals surface area contributed by atoms with Crippen molar-refractivity contribution in [3.8, 4) is 0 Å². The summed E-state index contributed by atoms with van der Waals surface area (Å²) in [5.41, 5.74) is -1.89. The number of halogens is 3. The topological polar surface area (TPSA) is 55.2 Å². The van der Waals surface area contributed by atoms with Crippen LogP contribution in [0.4, 0.5) is 24.5 Å². The Morgan fingerprint density at radius 1 is 1.30 bits per heavy atom. The van der Waals surface area contributed by atoms with Gasteiger partial charge < -0.3 is 5.32 Å². The lowest BCUT2D eigenvalue weighted by atomic mass is 10.0. The minimum Gasteiger partial charge on any atom is -0.382 e. The summed E-state index contributed by atoms with van der Waals surface area (Å²) in [6.07, 6.45) is 1.68. The SMILES string of the molecule is O=[N+]([O-])c1ccc(NC2CC=CCC2)cc1C(F)(F)F. The highest BCUT2D eigenvalue weighted by molar-refractivity contribution is 5.55. The molecule has 0 saturated carbocycles. The number of hydrogen-bond donors (Lipinski definition) is 1. The van der Waals surface area contributed by atoms with E-state index in [-0.39, 0.29) is 11.7 Å². The Bertz CT molecular complexity index is 541. The van der Waals surface area contributed by atoms with Gasteiger partial charge in [0.25, 0.3) is 5.69 Å². The molecule has 1 unspecified atom stereocenters. The molecule has 0 spiro atoms. The van der Waals surface area contributed by atoms with Gasteiger partial charge in [0.1, 0.15) is 5.56 Å². The molecule has 2 rings (SSSR count). The third-order valence-corrected chi connectivity index (χ3v) is 3.14. The maximum absolute atomic E-state index is 12.8. The van der Waals surface area contributed by atoms with Crippen molar-refractivity contribution in [1.29, 1.82) is 0 Å². The fraction of sp³-hybridized carbons (Fsp3) is 0.385. The number of nitrogens with zero attached hydrogens (tertiary/aromatic N) is 1. The molecule has 0 fully saturated rings. The number of hydrogen-bond acceptors (Lipinski definition) is 3. The monoisotopic (exact) mass is 286 g/mol. The summed E-state index contributed by atoms with van der Waals surface area (Å²) < 4.78 is 38.5. The second-order valence-corrected chi connectivity index (χ2v) is 4.61. The summed E-state index contributed by atoms with van der Waals surface area (Å²) >= 11 is 0. The van der Waals surface area contributed by atoms with Gasteiger partial charge in [-0.3, -0.25) is 10.1 Å². The molecular weight excluding hydrogens is 273 g/mol. The van der Waals surface area contributed by atoms with Gasteiger partial charge >= 0.3 is 6.18 Å². The van der Waals surface area contributed by atoms with Gasteiger partial charge in [0, 0.05) is 17.8 Å². The van der Waals surface area contributed by atoms with Crippen LogP contribution in [-0.2, 0) is 6.18 Å². The van der Waals surface area contributed by atoms with Gasteiger partial charge in [0.2, 0.25) is 0 Å². The van der Waals surface area contributed by atoms with Crippen molar-refractivity contribution >= 4 is 11.4 Å². The first-order valence-electron chi connectivity index (χ1n) is 6.15. The number of nitrogens with one attached hydrogen (secondary N) is 1. The van der Waals surface area contributed by atoms with Crippen molar-refractivity contribution < 1.29 is 18.1 Å². The zero-order chi connectivity index (χ0) is 14.8.